The number of amides is 2. The molecule has 41 heavy (non-hydrogen) atoms. The summed E-state index contributed by atoms with van der Waals surface area (Å²) in [4.78, 5) is 40.0. The van der Waals surface area contributed by atoms with Crippen LogP contribution in [0.1, 0.15) is 61.8 Å². The lowest BCUT2D eigenvalue weighted by Gasteiger charge is -2.27. The molecule has 11 heteroatoms. The molecule has 0 radical (unpaired) electrons. The van der Waals surface area contributed by atoms with Crippen molar-refractivity contribution < 1.29 is 37.4 Å². The number of benzene rings is 2. The molecule has 224 valence electrons. The molecule has 1 aliphatic rings. The highest BCUT2D eigenvalue weighted by molar-refractivity contribution is 5.81. The molecular weight excluding hydrogens is 539 g/mol. The van der Waals surface area contributed by atoms with Crippen LogP contribution in [0.3, 0.4) is 0 Å². The topological polar surface area (TPSA) is 99.2 Å². The molecule has 0 spiro atoms. The van der Waals surface area contributed by atoms with Gasteiger partial charge in [0.2, 0.25) is 11.8 Å². The Labute approximate surface area is 238 Å². The third-order valence-electron chi connectivity index (χ3n) is 6.91. The van der Waals surface area contributed by atoms with E-state index in [1.54, 1.807) is 0 Å². The average Bonchev–Trinajstić information content (AvgIpc) is 2.91. The number of fused-ring (bicyclic) bond motifs is 1. The molecule has 3 rings (SSSR count). The van der Waals surface area contributed by atoms with Gasteiger partial charge in [0.05, 0.1) is 18.7 Å². The number of halogens is 3. The smallest absolute Gasteiger partial charge is 0.416 e. The first-order valence-corrected chi connectivity index (χ1v) is 13.8. The third-order valence-corrected chi connectivity index (χ3v) is 6.91. The number of carbonyl (C=O) groups excluding carboxylic acids is 2. The molecule has 0 aliphatic carbocycles. The van der Waals surface area contributed by atoms with Gasteiger partial charge in [-0.3, -0.25) is 19.3 Å². The second-order valence-electron chi connectivity index (χ2n) is 10.5. The van der Waals surface area contributed by atoms with Crippen molar-refractivity contribution in [2.24, 2.45) is 0 Å². The maximum absolute atomic E-state index is 13.1. The van der Waals surface area contributed by atoms with E-state index in [0.29, 0.717) is 31.9 Å². The summed E-state index contributed by atoms with van der Waals surface area (Å²) in [6, 6.07) is 10.3. The van der Waals surface area contributed by atoms with Crippen LogP contribution in [0.25, 0.3) is 0 Å². The summed E-state index contributed by atoms with van der Waals surface area (Å²) in [6.45, 7) is 5.01. The molecule has 2 aromatic carbocycles. The standard InChI is InChI=1S/C30H38F3N3O5/c1-21(2)35-18-24-15-22(9-11-26(24)41-14-5-3-4-13-34-27(37)19-35)10-12-28(38)36(20-29(39)40)17-23-7-6-8-25(16-23)30(31,32)33/h6-9,11,15-16,21H,3-5,10,12-14,17-20H2,1-2H3,(H,34,37)(H,39,40). The van der Waals surface area contributed by atoms with Crippen molar-refractivity contribution in [3.63, 3.8) is 0 Å². The molecule has 2 N–H and O–H groups in total. The van der Waals surface area contributed by atoms with Crippen LogP contribution >= 0.6 is 0 Å². The lowest BCUT2D eigenvalue weighted by Crippen LogP contribution is -2.40. The summed E-state index contributed by atoms with van der Waals surface area (Å²) in [5.41, 5.74) is 1.04. The first kappa shape index (κ1) is 31.9. The Bertz CT molecular complexity index is 1200. The molecule has 0 fully saturated rings. The number of rotatable bonds is 8. The van der Waals surface area contributed by atoms with Gasteiger partial charge in [0.1, 0.15) is 12.3 Å². The molecule has 0 bridgehead atoms. The van der Waals surface area contributed by atoms with Crippen molar-refractivity contribution in [2.45, 2.75) is 71.3 Å². The molecule has 0 atom stereocenters. The second-order valence-corrected chi connectivity index (χ2v) is 10.5. The van der Waals surface area contributed by atoms with Crippen LogP contribution in [0.2, 0.25) is 0 Å². The van der Waals surface area contributed by atoms with Crippen molar-refractivity contribution in [1.29, 1.82) is 0 Å². The quantitative estimate of drug-likeness (QED) is 0.475. The highest BCUT2D eigenvalue weighted by atomic mass is 19.4. The normalized spacial score (nSPS) is 15.5. The molecule has 8 nitrogen and oxygen atoms in total. The monoisotopic (exact) mass is 577 g/mol. The van der Waals surface area contributed by atoms with E-state index in [-0.39, 0.29) is 37.0 Å². The number of nitrogens with one attached hydrogen (secondary N) is 1. The summed E-state index contributed by atoms with van der Waals surface area (Å²) >= 11 is 0. The zero-order valence-electron chi connectivity index (χ0n) is 23.5. The van der Waals surface area contributed by atoms with E-state index >= 15 is 0 Å². The number of alkyl halides is 3. The lowest BCUT2D eigenvalue weighted by molar-refractivity contribution is -0.145. The molecular formula is C30H38F3N3O5. The number of carbonyl (C=O) groups is 3. The van der Waals surface area contributed by atoms with Gasteiger partial charge in [-0.05, 0) is 68.9 Å². The van der Waals surface area contributed by atoms with Crippen LogP contribution in [-0.4, -0.2) is 65.0 Å². The fourth-order valence-corrected chi connectivity index (χ4v) is 4.62. The van der Waals surface area contributed by atoms with Crippen LogP contribution in [0.15, 0.2) is 42.5 Å². The Kier molecular flexibility index (Phi) is 11.6. The number of carboxylic acid groups (broad SMARTS) is 1. The van der Waals surface area contributed by atoms with Crippen molar-refractivity contribution in [2.75, 3.05) is 26.2 Å². The maximum Gasteiger partial charge on any atom is 0.416 e. The zero-order valence-corrected chi connectivity index (χ0v) is 23.5. The summed E-state index contributed by atoms with van der Waals surface area (Å²) < 4.78 is 45.5. The average molecular weight is 578 g/mol. The van der Waals surface area contributed by atoms with Crippen molar-refractivity contribution in [3.05, 3.63) is 64.7 Å². The number of aryl methyl sites for hydroxylation is 1. The maximum atomic E-state index is 13.1. The molecule has 0 unspecified atom stereocenters. The van der Waals surface area contributed by atoms with E-state index in [2.05, 4.69) is 5.32 Å². The molecule has 0 aromatic heterocycles. The van der Waals surface area contributed by atoms with E-state index in [0.717, 1.165) is 47.4 Å². The highest BCUT2D eigenvalue weighted by Crippen LogP contribution is 2.30. The minimum atomic E-state index is -4.55. The van der Waals surface area contributed by atoms with Crippen LogP contribution in [-0.2, 0) is 40.1 Å². The highest BCUT2D eigenvalue weighted by Gasteiger charge is 2.30. The number of hydrogen-bond donors (Lipinski definition) is 2. The SMILES string of the molecule is CC(C)N1CC(=O)NCCCCCOc2ccc(CCC(=O)N(CC(=O)O)Cc3cccc(C(F)(F)F)c3)cc2C1. The largest absolute Gasteiger partial charge is 0.493 e. The Balaban J connectivity index is 1.76. The Morgan fingerprint density at radius 1 is 1.07 bits per heavy atom. The molecule has 2 amide bonds. The van der Waals surface area contributed by atoms with Crippen molar-refractivity contribution >= 4 is 17.8 Å². The summed E-state index contributed by atoms with van der Waals surface area (Å²) in [5, 5.41) is 12.3. The first-order chi connectivity index (χ1) is 19.4. The van der Waals surface area contributed by atoms with E-state index in [1.165, 1.54) is 12.1 Å². The zero-order chi connectivity index (χ0) is 30.0. The van der Waals surface area contributed by atoms with E-state index in [9.17, 15) is 32.7 Å². The first-order valence-electron chi connectivity index (χ1n) is 13.8. The minimum Gasteiger partial charge on any atom is -0.493 e. The third kappa shape index (κ3) is 10.4. The van der Waals surface area contributed by atoms with Gasteiger partial charge in [0.25, 0.3) is 0 Å². The van der Waals surface area contributed by atoms with E-state index < -0.39 is 30.2 Å². The van der Waals surface area contributed by atoms with Crippen molar-refractivity contribution in [3.8, 4) is 5.75 Å². The Hall–Kier alpha value is -3.60. The number of nitrogens with zero attached hydrogens (tertiary/aromatic N) is 2. The van der Waals surface area contributed by atoms with E-state index in [4.69, 9.17) is 4.74 Å². The predicted octanol–water partition coefficient (Wildman–Crippen LogP) is 4.64. The van der Waals surface area contributed by atoms with Gasteiger partial charge < -0.3 is 20.1 Å². The van der Waals surface area contributed by atoms with Crippen LogP contribution in [0.4, 0.5) is 13.2 Å². The van der Waals surface area contributed by atoms with Gasteiger partial charge in [0.15, 0.2) is 0 Å². The predicted molar refractivity (Wildman–Crippen MR) is 147 cm³/mol. The Morgan fingerprint density at radius 3 is 2.56 bits per heavy atom. The second kappa shape index (κ2) is 14.9. The van der Waals surface area contributed by atoms with Crippen LogP contribution in [0, 0.1) is 0 Å². The van der Waals surface area contributed by atoms with E-state index in [1.807, 2.05) is 36.9 Å². The summed E-state index contributed by atoms with van der Waals surface area (Å²) in [6.07, 6.45) is -1.61. The minimum absolute atomic E-state index is 0.0256. The number of hydrogen-bond acceptors (Lipinski definition) is 5. The fraction of sp³-hybridized carbons (Fsp3) is 0.500. The number of aliphatic carboxylic acids is 1. The van der Waals surface area contributed by atoms with Gasteiger partial charge >= 0.3 is 12.1 Å². The van der Waals surface area contributed by atoms with Gasteiger partial charge in [-0.2, -0.15) is 13.2 Å². The Morgan fingerprint density at radius 2 is 1.85 bits per heavy atom. The number of carboxylic acids is 1. The molecule has 1 heterocycles. The fourth-order valence-electron chi connectivity index (χ4n) is 4.62. The number of ether oxygens (including phenoxy) is 1. The summed E-state index contributed by atoms with van der Waals surface area (Å²) in [5.74, 6) is -1.06. The molecule has 1 aliphatic heterocycles. The van der Waals surface area contributed by atoms with Gasteiger partial charge in [-0.25, -0.2) is 0 Å². The van der Waals surface area contributed by atoms with Crippen LogP contribution < -0.4 is 10.1 Å². The van der Waals surface area contributed by atoms with Gasteiger partial charge in [0, 0.05) is 37.7 Å². The van der Waals surface area contributed by atoms with Crippen molar-refractivity contribution in [1.82, 2.24) is 15.1 Å². The molecule has 0 saturated heterocycles. The lowest BCUT2D eigenvalue weighted by atomic mass is 10.0. The van der Waals surface area contributed by atoms with Crippen LogP contribution in [0.5, 0.6) is 5.75 Å². The van der Waals surface area contributed by atoms with Gasteiger partial charge in [-0.15, -0.1) is 0 Å². The molecule has 2 aromatic rings. The van der Waals surface area contributed by atoms with Gasteiger partial charge in [-0.1, -0.05) is 24.3 Å². The molecule has 0 saturated carbocycles. The summed E-state index contributed by atoms with van der Waals surface area (Å²) in [7, 11) is 0.